The monoisotopic (exact) mass is 457 g/mol. The van der Waals surface area contributed by atoms with E-state index in [1.54, 1.807) is 6.07 Å². The van der Waals surface area contributed by atoms with Crippen LogP contribution in [0.25, 0.3) is 0 Å². The van der Waals surface area contributed by atoms with Gasteiger partial charge in [-0.05, 0) is 31.5 Å². The second-order valence-electron chi connectivity index (χ2n) is 5.26. The van der Waals surface area contributed by atoms with Crippen LogP contribution in [0.1, 0.15) is 31.1 Å². The average Bonchev–Trinajstić information content (AvgIpc) is 2.54. The topological polar surface area (TPSA) is 36.9 Å². The predicted molar refractivity (Wildman–Crippen MR) is 98.8 cm³/mol. The van der Waals surface area contributed by atoms with Gasteiger partial charge in [0.05, 0.1) is 18.7 Å². The van der Waals surface area contributed by atoms with Gasteiger partial charge in [-0.2, -0.15) is 13.2 Å². The Morgan fingerprint density at radius 2 is 2.12 bits per heavy atom. The summed E-state index contributed by atoms with van der Waals surface area (Å²) in [4.78, 5) is 6.45. The van der Waals surface area contributed by atoms with E-state index in [-0.39, 0.29) is 24.0 Å². The first-order chi connectivity index (χ1) is 11.0. The molecule has 4 nitrogen and oxygen atoms in total. The zero-order valence-corrected chi connectivity index (χ0v) is 16.1. The first-order valence-corrected chi connectivity index (χ1v) is 7.77. The maximum atomic E-state index is 12.9. The van der Waals surface area contributed by atoms with Gasteiger partial charge in [0, 0.05) is 19.6 Å². The number of alkyl halides is 3. The molecule has 1 N–H and O–H groups in total. The lowest BCUT2D eigenvalue weighted by molar-refractivity contribution is -0.137. The van der Waals surface area contributed by atoms with E-state index in [1.807, 2.05) is 18.7 Å². The van der Waals surface area contributed by atoms with Gasteiger partial charge in [-0.25, -0.2) is 0 Å². The first kappa shape index (κ1) is 21.0. The lowest BCUT2D eigenvalue weighted by Gasteiger charge is -2.35. The Morgan fingerprint density at radius 3 is 2.75 bits per heavy atom. The molecule has 1 aliphatic heterocycles. The Kier molecular flexibility index (Phi) is 8.28. The van der Waals surface area contributed by atoms with E-state index >= 15 is 0 Å². The third-order valence-electron chi connectivity index (χ3n) is 3.59. The third kappa shape index (κ3) is 5.51. The highest BCUT2D eigenvalue weighted by atomic mass is 127. The zero-order chi connectivity index (χ0) is 16.9. The summed E-state index contributed by atoms with van der Waals surface area (Å²) in [6.45, 7) is 6.92. The minimum atomic E-state index is -4.34. The number of nitrogens with one attached hydrogen (secondary N) is 1. The fourth-order valence-corrected chi connectivity index (χ4v) is 2.53. The molecule has 1 aromatic rings. The average molecular weight is 457 g/mol. The third-order valence-corrected chi connectivity index (χ3v) is 3.59. The summed E-state index contributed by atoms with van der Waals surface area (Å²) >= 11 is 0. The molecule has 0 saturated carbocycles. The van der Waals surface area contributed by atoms with Crippen LogP contribution in [0.15, 0.2) is 29.3 Å². The summed E-state index contributed by atoms with van der Waals surface area (Å²) < 4.78 is 44.3. The number of hydrogen-bond acceptors (Lipinski definition) is 2. The number of nitrogens with zero attached hydrogens (tertiary/aromatic N) is 2. The first-order valence-electron chi connectivity index (χ1n) is 7.77. The van der Waals surface area contributed by atoms with Crippen LogP contribution in [0.4, 0.5) is 13.2 Å². The molecule has 2 rings (SSSR count). The maximum absolute atomic E-state index is 12.9. The molecule has 1 atom stereocenters. The van der Waals surface area contributed by atoms with Crippen molar-refractivity contribution in [3.8, 4) is 0 Å². The molecule has 1 unspecified atom stereocenters. The predicted octanol–water partition coefficient (Wildman–Crippen LogP) is 3.68. The summed E-state index contributed by atoms with van der Waals surface area (Å²) in [5.41, 5.74) is -0.110. The molecule has 8 heteroatoms. The molecule has 0 aromatic heterocycles. The van der Waals surface area contributed by atoms with Crippen LogP contribution in [0, 0.1) is 0 Å². The van der Waals surface area contributed by atoms with Crippen LogP contribution in [-0.4, -0.2) is 43.6 Å². The summed E-state index contributed by atoms with van der Waals surface area (Å²) in [6.07, 6.45) is -4.74. The van der Waals surface area contributed by atoms with Crippen LogP contribution < -0.4 is 5.32 Å². The van der Waals surface area contributed by atoms with E-state index < -0.39 is 17.8 Å². The van der Waals surface area contributed by atoms with E-state index in [0.717, 1.165) is 24.6 Å². The zero-order valence-electron chi connectivity index (χ0n) is 13.8. The van der Waals surface area contributed by atoms with Gasteiger partial charge in [0.2, 0.25) is 0 Å². The number of rotatable bonds is 3. The fourth-order valence-electron chi connectivity index (χ4n) is 2.53. The van der Waals surface area contributed by atoms with E-state index in [9.17, 15) is 13.2 Å². The summed E-state index contributed by atoms with van der Waals surface area (Å²) in [7, 11) is 0. The summed E-state index contributed by atoms with van der Waals surface area (Å²) in [5.74, 6) is 0.773. The minimum absolute atomic E-state index is 0. The van der Waals surface area contributed by atoms with Gasteiger partial charge in [0.1, 0.15) is 6.10 Å². The molecular weight excluding hydrogens is 434 g/mol. The lowest BCUT2D eigenvalue weighted by atomic mass is 10.0. The van der Waals surface area contributed by atoms with E-state index in [1.165, 1.54) is 6.07 Å². The Bertz CT molecular complexity index is 552. The normalized spacial score (nSPS) is 19.0. The number of benzene rings is 1. The van der Waals surface area contributed by atoms with Crippen LogP contribution in [0.2, 0.25) is 0 Å². The van der Waals surface area contributed by atoms with Crippen molar-refractivity contribution in [1.29, 1.82) is 0 Å². The fraction of sp³-hybridized carbons (Fsp3) is 0.562. The molecule has 1 aromatic carbocycles. The Labute approximate surface area is 157 Å². The second kappa shape index (κ2) is 9.45. The van der Waals surface area contributed by atoms with Crippen molar-refractivity contribution in [2.24, 2.45) is 4.99 Å². The van der Waals surface area contributed by atoms with Crippen molar-refractivity contribution in [2.75, 3.05) is 32.8 Å². The number of morpholine rings is 1. The molecule has 0 radical (unpaired) electrons. The molecule has 0 spiro atoms. The highest BCUT2D eigenvalue weighted by molar-refractivity contribution is 14.0. The highest BCUT2D eigenvalue weighted by Crippen LogP contribution is 2.32. The second-order valence-corrected chi connectivity index (χ2v) is 5.26. The van der Waals surface area contributed by atoms with E-state index in [4.69, 9.17) is 4.74 Å². The van der Waals surface area contributed by atoms with Crippen molar-refractivity contribution in [3.05, 3.63) is 35.4 Å². The van der Waals surface area contributed by atoms with E-state index in [0.29, 0.717) is 31.8 Å². The molecule has 1 heterocycles. The molecule has 0 bridgehead atoms. The molecule has 0 amide bonds. The van der Waals surface area contributed by atoms with Gasteiger partial charge >= 0.3 is 6.18 Å². The van der Waals surface area contributed by atoms with Gasteiger partial charge in [-0.1, -0.05) is 12.1 Å². The molecule has 136 valence electrons. The van der Waals surface area contributed by atoms with Gasteiger partial charge < -0.3 is 15.0 Å². The van der Waals surface area contributed by atoms with Crippen LogP contribution >= 0.6 is 24.0 Å². The molecule has 1 saturated heterocycles. The molecule has 1 fully saturated rings. The van der Waals surface area contributed by atoms with Crippen LogP contribution in [-0.2, 0) is 10.9 Å². The Morgan fingerprint density at radius 1 is 1.38 bits per heavy atom. The maximum Gasteiger partial charge on any atom is 0.416 e. The van der Waals surface area contributed by atoms with Gasteiger partial charge in [0.15, 0.2) is 5.96 Å². The van der Waals surface area contributed by atoms with Crippen LogP contribution in [0.3, 0.4) is 0 Å². The highest BCUT2D eigenvalue weighted by Gasteiger charge is 2.32. The number of halogens is 4. The lowest BCUT2D eigenvalue weighted by Crippen LogP contribution is -2.48. The SMILES string of the molecule is CCN=C(NCC)N1CCOC(c2cccc(C(F)(F)F)c2)C1.I. The number of hydrogen-bond donors (Lipinski definition) is 1. The van der Waals surface area contributed by atoms with Gasteiger partial charge in [-0.3, -0.25) is 4.99 Å². The summed E-state index contributed by atoms with van der Waals surface area (Å²) in [5, 5.41) is 3.20. The number of guanidine groups is 1. The number of aliphatic imine (C=N–C) groups is 1. The quantitative estimate of drug-likeness (QED) is 0.428. The Hall–Kier alpha value is -1.03. The Balaban J connectivity index is 0.00000288. The van der Waals surface area contributed by atoms with Crippen molar-refractivity contribution < 1.29 is 17.9 Å². The summed E-state index contributed by atoms with van der Waals surface area (Å²) in [6, 6.07) is 5.34. The van der Waals surface area contributed by atoms with Crippen molar-refractivity contribution in [3.63, 3.8) is 0 Å². The number of ether oxygens (including phenoxy) is 1. The molecule has 1 aliphatic rings. The molecule has 0 aliphatic carbocycles. The van der Waals surface area contributed by atoms with Crippen LogP contribution in [0.5, 0.6) is 0 Å². The molecule has 24 heavy (non-hydrogen) atoms. The molecular formula is C16H23F3IN3O. The van der Waals surface area contributed by atoms with Crippen molar-refractivity contribution >= 4 is 29.9 Å². The van der Waals surface area contributed by atoms with Gasteiger partial charge in [-0.15, -0.1) is 24.0 Å². The van der Waals surface area contributed by atoms with Crippen molar-refractivity contribution in [2.45, 2.75) is 26.1 Å². The smallest absolute Gasteiger partial charge is 0.370 e. The van der Waals surface area contributed by atoms with Gasteiger partial charge in [0.25, 0.3) is 0 Å². The van der Waals surface area contributed by atoms with Crippen molar-refractivity contribution in [1.82, 2.24) is 10.2 Å². The largest absolute Gasteiger partial charge is 0.416 e. The van der Waals surface area contributed by atoms with E-state index in [2.05, 4.69) is 10.3 Å². The standard InChI is InChI=1S/C16H22F3N3O.HI/c1-3-20-15(21-4-2)22-8-9-23-14(11-22)12-6-5-7-13(10-12)16(17,18)19;/h5-7,10,14H,3-4,8-9,11H2,1-2H3,(H,20,21);1H. The minimum Gasteiger partial charge on any atom is -0.370 e.